The second-order valence-electron chi connectivity index (χ2n) is 3.61. The topological polar surface area (TPSA) is 32.3 Å². The SMILES string of the molecule is Oc1cc(F)c(C2CCNC2)c(F)c1Br. The summed E-state index contributed by atoms with van der Waals surface area (Å²) >= 11 is 2.90. The summed E-state index contributed by atoms with van der Waals surface area (Å²) in [5, 5.41) is 12.3. The van der Waals surface area contributed by atoms with E-state index in [9.17, 15) is 13.9 Å². The van der Waals surface area contributed by atoms with Crippen molar-refractivity contribution in [3.63, 3.8) is 0 Å². The second-order valence-corrected chi connectivity index (χ2v) is 4.40. The summed E-state index contributed by atoms with van der Waals surface area (Å²) in [4.78, 5) is 0. The fourth-order valence-electron chi connectivity index (χ4n) is 1.87. The zero-order valence-corrected chi connectivity index (χ0v) is 9.44. The number of hydrogen-bond acceptors (Lipinski definition) is 2. The van der Waals surface area contributed by atoms with Crippen molar-refractivity contribution in [1.29, 1.82) is 0 Å². The molecular formula is C10H10BrF2NO. The lowest BCUT2D eigenvalue weighted by Gasteiger charge is -2.13. The van der Waals surface area contributed by atoms with Crippen LogP contribution >= 0.6 is 15.9 Å². The van der Waals surface area contributed by atoms with Crippen LogP contribution in [-0.4, -0.2) is 18.2 Å². The number of nitrogens with one attached hydrogen (secondary N) is 1. The molecular weight excluding hydrogens is 268 g/mol. The molecule has 2 rings (SSSR count). The number of rotatable bonds is 1. The van der Waals surface area contributed by atoms with Crippen LogP contribution in [0.1, 0.15) is 17.9 Å². The Hall–Kier alpha value is -0.680. The van der Waals surface area contributed by atoms with E-state index < -0.39 is 17.4 Å². The van der Waals surface area contributed by atoms with Crippen LogP contribution in [0.3, 0.4) is 0 Å². The van der Waals surface area contributed by atoms with Gasteiger partial charge in [0.2, 0.25) is 0 Å². The Morgan fingerprint density at radius 3 is 2.80 bits per heavy atom. The van der Waals surface area contributed by atoms with Crippen molar-refractivity contribution >= 4 is 15.9 Å². The molecule has 0 aliphatic carbocycles. The zero-order valence-electron chi connectivity index (χ0n) is 7.86. The molecule has 2 nitrogen and oxygen atoms in total. The molecule has 1 atom stereocenters. The molecule has 1 fully saturated rings. The van der Waals surface area contributed by atoms with E-state index in [-0.39, 0.29) is 16.0 Å². The molecule has 0 aromatic heterocycles. The van der Waals surface area contributed by atoms with Gasteiger partial charge in [-0.25, -0.2) is 8.78 Å². The Bertz CT molecular complexity index is 391. The normalized spacial score (nSPS) is 20.9. The zero-order chi connectivity index (χ0) is 11.0. The second kappa shape index (κ2) is 4.06. The third-order valence-corrected chi connectivity index (χ3v) is 3.40. The van der Waals surface area contributed by atoms with Crippen molar-refractivity contribution in [2.45, 2.75) is 12.3 Å². The molecule has 1 aromatic carbocycles. The van der Waals surface area contributed by atoms with Crippen molar-refractivity contribution in [1.82, 2.24) is 5.32 Å². The smallest absolute Gasteiger partial charge is 0.147 e. The summed E-state index contributed by atoms with van der Waals surface area (Å²) < 4.78 is 27.1. The van der Waals surface area contributed by atoms with E-state index in [4.69, 9.17) is 0 Å². The van der Waals surface area contributed by atoms with Crippen LogP contribution in [0.4, 0.5) is 8.78 Å². The fourth-order valence-corrected chi connectivity index (χ4v) is 2.20. The first kappa shape index (κ1) is 10.8. The minimum absolute atomic E-state index is 0.0599. The lowest BCUT2D eigenvalue weighted by molar-refractivity contribution is 0.447. The molecule has 5 heteroatoms. The predicted molar refractivity (Wildman–Crippen MR) is 56.0 cm³/mol. The third-order valence-electron chi connectivity index (χ3n) is 2.64. The molecule has 0 bridgehead atoms. The number of phenolic OH excluding ortho intramolecular Hbond substituents is 1. The van der Waals surface area contributed by atoms with E-state index in [1.54, 1.807) is 0 Å². The van der Waals surface area contributed by atoms with Crippen LogP contribution in [0.5, 0.6) is 5.75 Å². The van der Waals surface area contributed by atoms with Crippen LogP contribution in [0.2, 0.25) is 0 Å². The highest BCUT2D eigenvalue weighted by molar-refractivity contribution is 9.10. The van der Waals surface area contributed by atoms with Crippen LogP contribution in [0.15, 0.2) is 10.5 Å². The number of aromatic hydroxyl groups is 1. The van der Waals surface area contributed by atoms with Gasteiger partial charge in [-0.05, 0) is 28.9 Å². The van der Waals surface area contributed by atoms with Gasteiger partial charge in [0, 0.05) is 24.1 Å². The third kappa shape index (κ3) is 1.86. The first-order chi connectivity index (χ1) is 7.11. The Morgan fingerprint density at radius 2 is 2.20 bits per heavy atom. The Labute approximate surface area is 94.4 Å². The minimum atomic E-state index is -0.693. The van der Waals surface area contributed by atoms with Gasteiger partial charge < -0.3 is 10.4 Å². The fraction of sp³-hybridized carbons (Fsp3) is 0.400. The summed E-state index contributed by atoms with van der Waals surface area (Å²) in [7, 11) is 0. The van der Waals surface area contributed by atoms with Gasteiger partial charge in [0.1, 0.15) is 17.4 Å². The standard InChI is InChI=1S/C10H10BrF2NO/c11-9-7(15)3-6(12)8(10(9)13)5-1-2-14-4-5/h3,5,14-15H,1-2,4H2. The van der Waals surface area contributed by atoms with Crippen molar-refractivity contribution in [3.05, 3.63) is 27.7 Å². The average Bonchev–Trinajstić information content (AvgIpc) is 2.68. The van der Waals surface area contributed by atoms with Gasteiger partial charge in [-0.2, -0.15) is 0 Å². The van der Waals surface area contributed by atoms with Crippen molar-refractivity contribution in [2.24, 2.45) is 0 Å². The summed E-state index contributed by atoms with van der Waals surface area (Å²) in [5.74, 6) is -1.93. The highest BCUT2D eigenvalue weighted by atomic mass is 79.9. The maximum atomic E-state index is 13.7. The Balaban J connectivity index is 2.50. The summed E-state index contributed by atoms with van der Waals surface area (Å²) in [6.07, 6.45) is 0.713. The molecule has 0 saturated carbocycles. The number of benzene rings is 1. The van der Waals surface area contributed by atoms with E-state index >= 15 is 0 Å². The molecule has 82 valence electrons. The highest BCUT2D eigenvalue weighted by Gasteiger charge is 2.26. The lowest BCUT2D eigenvalue weighted by atomic mass is 9.97. The molecule has 1 heterocycles. The van der Waals surface area contributed by atoms with Crippen molar-refractivity contribution in [3.8, 4) is 5.75 Å². The summed E-state index contributed by atoms with van der Waals surface area (Å²) in [6, 6.07) is 0.945. The molecule has 1 aliphatic rings. The molecule has 1 aromatic rings. The van der Waals surface area contributed by atoms with Crippen LogP contribution < -0.4 is 5.32 Å². The molecule has 0 radical (unpaired) electrons. The largest absolute Gasteiger partial charge is 0.507 e. The average molecular weight is 278 g/mol. The molecule has 1 aliphatic heterocycles. The monoisotopic (exact) mass is 277 g/mol. The highest BCUT2D eigenvalue weighted by Crippen LogP contribution is 2.36. The number of hydrogen-bond donors (Lipinski definition) is 2. The molecule has 2 N–H and O–H groups in total. The summed E-state index contributed by atoms with van der Waals surface area (Å²) in [6.45, 7) is 1.34. The van der Waals surface area contributed by atoms with Crippen molar-refractivity contribution < 1.29 is 13.9 Å². The number of halogens is 3. The van der Waals surface area contributed by atoms with Crippen LogP contribution in [0.25, 0.3) is 0 Å². The van der Waals surface area contributed by atoms with Gasteiger partial charge in [-0.15, -0.1) is 0 Å². The van der Waals surface area contributed by atoms with Crippen LogP contribution in [0, 0.1) is 11.6 Å². The minimum Gasteiger partial charge on any atom is -0.507 e. The van der Waals surface area contributed by atoms with E-state index in [0.717, 1.165) is 12.6 Å². The van der Waals surface area contributed by atoms with Gasteiger partial charge in [0.25, 0.3) is 0 Å². The Morgan fingerprint density at radius 1 is 1.47 bits per heavy atom. The van der Waals surface area contributed by atoms with E-state index in [0.29, 0.717) is 13.0 Å². The predicted octanol–water partition coefficient (Wildman–Crippen LogP) is 2.51. The van der Waals surface area contributed by atoms with Crippen molar-refractivity contribution in [2.75, 3.05) is 13.1 Å². The first-order valence-corrected chi connectivity index (χ1v) is 5.47. The van der Waals surface area contributed by atoms with E-state index in [1.807, 2.05) is 0 Å². The first-order valence-electron chi connectivity index (χ1n) is 4.68. The van der Waals surface area contributed by atoms with Gasteiger partial charge >= 0.3 is 0 Å². The maximum absolute atomic E-state index is 13.7. The molecule has 1 saturated heterocycles. The Kier molecular flexibility index (Phi) is 2.93. The maximum Gasteiger partial charge on any atom is 0.147 e. The molecule has 1 unspecified atom stereocenters. The molecule has 0 spiro atoms. The summed E-state index contributed by atoms with van der Waals surface area (Å²) in [5.41, 5.74) is 0.0599. The van der Waals surface area contributed by atoms with E-state index in [1.165, 1.54) is 0 Å². The van der Waals surface area contributed by atoms with Crippen LogP contribution in [-0.2, 0) is 0 Å². The molecule has 15 heavy (non-hydrogen) atoms. The van der Waals surface area contributed by atoms with Gasteiger partial charge in [0.05, 0.1) is 4.47 Å². The van der Waals surface area contributed by atoms with Gasteiger partial charge in [-0.3, -0.25) is 0 Å². The molecule has 0 amide bonds. The quantitative estimate of drug-likeness (QED) is 0.774. The van der Waals surface area contributed by atoms with Gasteiger partial charge in [0.15, 0.2) is 0 Å². The van der Waals surface area contributed by atoms with Gasteiger partial charge in [-0.1, -0.05) is 0 Å². The lowest BCUT2D eigenvalue weighted by Crippen LogP contribution is -2.10. The number of phenols is 1. The van der Waals surface area contributed by atoms with E-state index in [2.05, 4.69) is 21.2 Å².